The Morgan fingerprint density at radius 3 is 2.48 bits per heavy atom. The average molecular weight is 312 g/mol. The van der Waals surface area contributed by atoms with Crippen LogP contribution in [0.2, 0.25) is 0 Å². The number of furan rings is 1. The highest BCUT2D eigenvalue weighted by molar-refractivity contribution is 5.99. The molecular weight excluding hydrogens is 288 g/mol. The Labute approximate surface area is 136 Å². The van der Waals surface area contributed by atoms with Gasteiger partial charge in [-0.2, -0.15) is 0 Å². The molecule has 0 aliphatic rings. The van der Waals surface area contributed by atoms with Crippen molar-refractivity contribution < 1.29 is 8.83 Å². The van der Waals surface area contributed by atoms with Crippen LogP contribution in [0, 0.1) is 20.8 Å². The molecule has 0 amide bonds. The van der Waals surface area contributed by atoms with Gasteiger partial charge < -0.3 is 8.83 Å². The molecule has 2 aromatic heterocycles. The lowest BCUT2D eigenvalue weighted by molar-refractivity contribution is 0.539. The smallest absolute Gasteiger partial charge is 0.339 e. The topological polar surface area (TPSA) is 43.4 Å². The molecule has 2 heterocycles. The number of hydrogen-bond donors (Lipinski definition) is 0. The fraction of sp³-hybridized carbons (Fsp3) is 0.450. The summed E-state index contributed by atoms with van der Waals surface area (Å²) in [4.78, 5) is 12.4. The van der Waals surface area contributed by atoms with Crippen LogP contribution in [0.1, 0.15) is 54.9 Å². The summed E-state index contributed by atoms with van der Waals surface area (Å²) in [5, 5.41) is 2.13. The van der Waals surface area contributed by atoms with E-state index in [1.54, 1.807) is 6.26 Å². The minimum absolute atomic E-state index is 0.197. The van der Waals surface area contributed by atoms with Gasteiger partial charge in [-0.15, -0.1) is 0 Å². The van der Waals surface area contributed by atoms with E-state index in [9.17, 15) is 4.79 Å². The number of aryl methyl sites for hydroxylation is 3. The molecule has 0 saturated carbocycles. The van der Waals surface area contributed by atoms with Crippen LogP contribution in [0.4, 0.5) is 0 Å². The number of hydrogen-bond acceptors (Lipinski definition) is 3. The second-order valence-corrected chi connectivity index (χ2v) is 6.48. The first-order chi connectivity index (χ1) is 11.0. The van der Waals surface area contributed by atoms with Crippen molar-refractivity contribution in [2.24, 2.45) is 0 Å². The second-order valence-electron chi connectivity index (χ2n) is 6.48. The molecule has 122 valence electrons. The molecule has 1 aromatic carbocycles. The van der Waals surface area contributed by atoms with Gasteiger partial charge in [-0.25, -0.2) is 4.79 Å². The van der Waals surface area contributed by atoms with Gasteiger partial charge in [-0.1, -0.05) is 26.2 Å². The lowest BCUT2D eigenvalue weighted by Crippen LogP contribution is -2.10. The predicted octanol–water partition coefficient (Wildman–Crippen LogP) is 5.59. The number of benzene rings is 1. The first-order valence-corrected chi connectivity index (χ1v) is 8.48. The molecule has 0 bridgehead atoms. The third-order valence-electron chi connectivity index (χ3n) is 4.82. The Morgan fingerprint density at radius 1 is 0.957 bits per heavy atom. The first-order valence-electron chi connectivity index (χ1n) is 8.48. The zero-order chi connectivity index (χ0) is 16.6. The minimum atomic E-state index is -0.197. The van der Waals surface area contributed by atoms with Crippen LogP contribution in [0.3, 0.4) is 0 Å². The highest BCUT2D eigenvalue weighted by atomic mass is 16.4. The van der Waals surface area contributed by atoms with Gasteiger partial charge in [0.25, 0.3) is 0 Å². The Morgan fingerprint density at radius 2 is 1.74 bits per heavy atom. The van der Waals surface area contributed by atoms with Gasteiger partial charge in [0.1, 0.15) is 11.2 Å². The summed E-state index contributed by atoms with van der Waals surface area (Å²) in [7, 11) is 0. The maximum atomic E-state index is 12.4. The Balaban J connectivity index is 2.15. The van der Waals surface area contributed by atoms with E-state index < -0.39 is 0 Å². The molecule has 0 saturated heterocycles. The van der Waals surface area contributed by atoms with E-state index in [4.69, 9.17) is 8.83 Å². The van der Waals surface area contributed by atoms with Gasteiger partial charge in [0.15, 0.2) is 0 Å². The van der Waals surface area contributed by atoms with Gasteiger partial charge in [-0.05, 0) is 50.8 Å². The predicted molar refractivity (Wildman–Crippen MR) is 94.3 cm³/mol. The van der Waals surface area contributed by atoms with E-state index in [1.807, 2.05) is 20.8 Å². The lowest BCUT2D eigenvalue weighted by atomic mass is 9.97. The summed E-state index contributed by atoms with van der Waals surface area (Å²) < 4.78 is 11.3. The van der Waals surface area contributed by atoms with E-state index in [-0.39, 0.29) is 5.63 Å². The molecular formula is C20H24O3. The summed E-state index contributed by atoms with van der Waals surface area (Å²) in [5.41, 5.74) is 5.17. The largest absolute Gasteiger partial charge is 0.464 e. The van der Waals surface area contributed by atoms with Crippen molar-refractivity contribution >= 4 is 21.9 Å². The van der Waals surface area contributed by atoms with Gasteiger partial charge >= 0.3 is 5.63 Å². The van der Waals surface area contributed by atoms with E-state index >= 15 is 0 Å². The van der Waals surface area contributed by atoms with Gasteiger partial charge in [0, 0.05) is 21.9 Å². The van der Waals surface area contributed by atoms with Crippen LogP contribution in [0.15, 0.2) is 26.0 Å². The molecule has 0 N–H and O–H groups in total. The van der Waals surface area contributed by atoms with Crippen molar-refractivity contribution in [3.05, 3.63) is 45.0 Å². The van der Waals surface area contributed by atoms with Crippen molar-refractivity contribution in [1.29, 1.82) is 0 Å². The third kappa shape index (κ3) is 2.69. The SMILES string of the molecule is CCCCCCc1c(C)c2cc3c(C)coc3c(C)c2oc1=O. The maximum Gasteiger partial charge on any atom is 0.339 e. The first kappa shape index (κ1) is 15.9. The van der Waals surface area contributed by atoms with Crippen LogP contribution < -0.4 is 5.63 Å². The normalized spacial score (nSPS) is 11.7. The van der Waals surface area contributed by atoms with Gasteiger partial charge in [0.2, 0.25) is 0 Å². The monoisotopic (exact) mass is 312 g/mol. The van der Waals surface area contributed by atoms with Crippen molar-refractivity contribution in [3.63, 3.8) is 0 Å². The minimum Gasteiger partial charge on any atom is -0.464 e. The van der Waals surface area contributed by atoms with E-state index in [1.165, 1.54) is 12.8 Å². The summed E-state index contributed by atoms with van der Waals surface area (Å²) in [5.74, 6) is 0. The average Bonchev–Trinajstić information content (AvgIpc) is 2.90. The number of fused-ring (bicyclic) bond motifs is 2. The molecule has 0 aliphatic carbocycles. The number of unbranched alkanes of at least 4 members (excludes halogenated alkanes) is 3. The standard InChI is InChI=1S/C20H24O3/c1-5-6-7-8-9-15-13(3)17-10-16-12(2)11-22-18(16)14(4)19(17)23-20(15)21/h10-11H,5-9H2,1-4H3. The van der Waals surface area contributed by atoms with Crippen molar-refractivity contribution in [1.82, 2.24) is 0 Å². The van der Waals surface area contributed by atoms with E-state index in [0.29, 0.717) is 5.58 Å². The van der Waals surface area contributed by atoms with Crippen molar-refractivity contribution in [3.8, 4) is 0 Å². The van der Waals surface area contributed by atoms with E-state index in [0.717, 1.165) is 57.9 Å². The van der Waals surface area contributed by atoms with Gasteiger partial charge in [-0.3, -0.25) is 0 Å². The van der Waals surface area contributed by atoms with Crippen LogP contribution in [0.25, 0.3) is 21.9 Å². The summed E-state index contributed by atoms with van der Waals surface area (Å²) >= 11 is 0. The zero-order valence-corrected chi connectivity index (χ0v) is 14.4. The van der Waals surface area contributed by atoms with E-state index in [2.05, 4.69) is 13.0 Å². The molecule has 23 heavy (non-hydrogen) atoms. The van der Waals surface area contributed by atoms with Gasteiger partial charge in [0.05, 0.1) is 6.26 Å². The Bertz CT molecular complexity index is 912. The molecule has 0 unspecified atom stereocenters. The maximum absolute atomic E-state index is 12.4. The highest BCUT2D eigenvalue weighted by Gasteiger charge is 2.17. The quantitative estimate of drug-likeness (QED) is 0.456. The molecule has 0 radical (unpaired) electrons. The summed E-state index contributed by atoms with van der Waals surface area (Å²) in [6, 6.07) is 2.10. The Kier molecular flexibility index (Phi) is 4.29. The number of rotatable bonds is 5. The molecule has 0 fully saturated rings. The molecule has 0 aliphatic heterocycles. The third-order valence-corrected chi connectivity index (χ3v) is 4.82. The van der Waals surface area contributed by atoms with Crippen LogP contribution >= 0.6 is 0 Å². The van der Waals surface area contributed by atoms with Crippen LogP contribution in [-0.2, 0) is 6.42 Å². The summed E-state index contributed by atoms with van der Waals surface area (Å²) in [6.07, 6.45) is 7.17. The van der Waals surface area contributed by atoms with Crippen molar-refractivity contribution in [2.45, 2.75) is 59.8 Å². The van der Waals surface area contributed by atoms with Crippen LogP contribution in [-0.4, -0.2) is 0 Å². The molecule has 3 heteroatoms. The molecule has 3 aromatic rings. The zero-order valence-electron chi connectivity index (χ0n) is 14.4. The molecule has 3 rings (SSSR count). The molecule has 0 atom stereocenters. The molecule has 3 nitrogen and oxygen atoms in total. The molecule has 0 spiro atoms. The fourth-order valence-corrected chi connectivity index (χ4v) is 3.34. The second kappa shape index (κ2) is 6.23. The highest BCUT2D eigenvalue weighted by Crippen LogP contribution is 2.32. The van der Waals surface area contributed by atoms with Crippen LogP contribution in [0.5, 0.6) is 0 Å². The lowest BCUT2D eigenvalue weighted by Gasteiger charge is -2.10. The Hall–Kier alpha value is -2.03. The van der Waals surface area contributed by atoms with Crippen molar-refractivity contribution in [2.75, 3.05) is 0 Å². The summed E-state index contributed by atoms with van der Waals surface area (Å²) in [6.45, 7) is 8.22. The fourth-order valence-electron chi connectivity index (χ4n) is 3.34.